The average molecular weight is 461 g/mol. The van der Waals surface area contributed by atoms with Gasteiger partial charge in [-0.3, -0.25) is 0 Å². The van der Waals surface area contributed by atoms with E-state index >= 15 is 0 Å². The molecule has 2 aromatic carbocycles. The molecule has 5 rings (SSSR count). The minimum Gasteiger partial charge on any atom is -0.459 e. The lowest BCUT2D eigenvalue weighted by Crippen LogP contribution is -2.35. The molecule has 3 heterocycles. The van der Waals surface area contributed by atoms with Gasteiger partial charge in [0.15, 0.2) is 0 Å². The molecule has 4 aromatic rings. The van der Waals surface area contributed by atoms with Gasteiger partial charge in [-0.1, -0.05) is 54.1 Å². The molecular formula is C26H25ClN4O2. The van der Waals surface area contributed by atoms with Gasteiger partial charge in [0.1, 0.15) is 17.3 Å². The van der Waals surface area contributed by atoms with E-state index in [2.05, 4.69) is 14.9 Å². The van der Waals surface area contributed by atoms with Crippen molar-refractivity contribution in [2.24, 2.45) is 0 Å². The van der Waals surface area contributed by atoms with Gasteiger partial charge in [-0.05, 0) is 37.5 Å². The van der Waals surface area contributed by atoms with E-state index in [4.69, 9.17) is 16.0 Å². The largest absolute Gasteiger partial charge is 0.459 e. The maximum absolute atomic E-state index is 13.2. The van der Waals surface area contributed by atoms with E-state index in [1.54, 1.807) is 6.20 Å². The van der Waals surface area contributed by atoms with Gasteiger partial charge in [0, 0.05) is 42.1 Å². The summed E-state index contributed by atoms with van der Waals surface area (Å²) in [5, 5.41) is 3.77. The van der Waals surface area contributed by atoms with Crippen molar-refractivity contribution >= 4 is 23.3 Å². The van der Waals surface area contributed by atoms with E-state index in [9.17, 15) is 4.79 Å². The molecule has 2 amide bonds. The molecule has 0 unspecified atom stereocenters. The van der Waals surface area contributed by atoms with Gasteiger partial charge in [-0.15, -0.1) is 0 Å². The summed E-state index contributed by atoms with van der Waals surface area (Å²) in [6.45, 7) is 3.23. The van der Waals surface area contributed by atoms with Crippen molar-refractivity contribution in [3.63, 3.8) is 0 Å². The smallest absolute Gasteiger partial charge is 0.322 e. The van der Waals surface area contributed by atoms with Crippen LogP contribution >= 0.6 is 11.6 Å². The molecular weight excluding hydrogens is 436 g/mol. The molecule has 0 aliphatic carbocycles. The third-order valence-electron chi connectivity index (χ3n) is 6.04. The first-order valence-electron chi connectivity index (χ1n) is 11.1. The molecule has 1 aliphatic rings. The molecule has 1 fully saturated rings. The predicted octanol–water partition coefficient (Wildman–Crippen LogP) is 6.52. The lowest BCUT2D eigenvalue weighted by molar-refractivity contribution is 0.204. The van der Waals surface area contributed by atoms with Gasteiger partial charge in [-0.2, -0.15) is 0 Å². The fraction of sp³-hybridized carbons (Fsp3) is 0.231. The maximum Gasteiger partial charge on any atom is 0.322 e. The standard InChI is InChI=1S/C26H25ClN4O2/c1-18-22(16-24(33-18)20-6-3-2-4-7-20)29-26(32)31-14-5-8-23(31)25-28-13-15-30(25)17-19-9-11-21(27)12-10-19/h2-4,6-7,9-13,15-16,23H,5,8,14,17H2,1H3,(H,29,32)/t23-/m1/s1. The molecule has 2 aromatic heterocycles. The molecule has 1 atom stereocenters. The lowest BCUT2D eigenvalue weighted by atomic mass is 10.2. The number of aryl methyl sites for hydroxylation is 1. The van der Waals surface area contributed by atoms with Crippen LogP contribution in [0, 0.1) is 6.92 Å². The van der Waals surface area contributed by atoms with E-state index in [-0.39, 0.29) is 12.1 Å². The first-order valence-corrected chi connectivity index (χ1v) is 11.5. The predicted molar refractivity (Wildman–Crippen MR) is 129 cm³/mol. The number of carbonyl (C=O) groups excluding carboxylic acids is 1. The number of rotatable bonds is 5. The number of likely N-dealkylation sites (tertiary alicyclic amines) is 1. The Morgan fingerprint density at radius 2 is 1.97 bits per heavy atom. The summed E-state index contributed by atoms with van der Waals surface area (Å²) in [5.41, 5.74) is 2.80. The van der Waals surface area contributed by atoms with Gasteiger partial charge < -0.3 is 19.2 Å². The van der Waals surface area contributed by atoms with Crippen LogP contribution in [-0.4, -0.2) is 27.0 Å². The third kappa shape index (κ3) is 4.52. The number of halogens is 1. The number of imidazole rings is 1. The molecule has 6 nitrogen and oxygen atoms in total. The molecule has 1 saturated heterocycles. The molecule has 33 heavy (non-hydrogen) atoms. The number of carbonyl (C=O) groups is 1. The first-order chi connectivity index (χ1) is 16.1. The van der Waals surface area contributed by atoms with Gasteiger partial charge >= 0.3 is 6.03 Å². The topological polar surface area (TPSA) is 63.3 Å². The number of anilines is 1. The first kappa shape index (κ1) is 21.3. The Balaban J connectivity index is 1.33. The number of hydrogen-bond donors (Lipinski definition) is 1. The summed E-state index contributed by atoms with van der Waals surface area (Å²) in [6, 6.07) is 19.3. The van der Waals surface area contributed by atoms with Crippen molar-refractivity contribution in [2.75, 3.05) is 11.9 Å². The van der Waals surface area contributed by atoms with Crippen LogP contribution in [0.5, 0.6) is 0 Å². The van der Waals surface area contributed by atoms with Gasteiger partial charge in [-0.25, -0.2) is 9.78 Å². The number of furan rings is 1. The normalized spacial score (nSPS) is 15.7. The summed E-state index contributed by atoms with van der Waals surface area (Å²) in [7, 11) is 0. The number of aromatic nitrogens is 2. The Labute approximate surface area is 197 Å². The summed E-state index contributed by atoms with van der Waals surface area (Å²) in [4.78, 5) is 19.7. The molecule has 7 heteroatoms. The average Bonchev–Trinajstić information content (AvgIpc) is 3.56. The second-order valence-electron chi connectivity index (χ2n) is 8.27. The van der Waals surface area contributed by atoms with E-state index in [0.29, 0.717) is 29.6 Å². The molecule has 168 valence electrons. The van der Waals surface area contributed by atoms with Gasteiger partial charge in [0.25, 0.3) is 0 Å². The van der Waals surface area contributed by atoms with Crippen LogP contribution in [0.25, 0.3) is 11.3 Å². The Morgan fingerprint density at radius 1 is 1.18 bits per heavy atom. The SMILES string of the molecule is Cc1oc(-c2ccccc2)cc1NC(=O)N1CCC[C@@H]1c1nccn1Cc1ccc(Cl)cc1. The lowest BCUT2D eigenvalue weighted by Gasteiger charge is -2.25. The Kier molecular flexibility index (Phi) is 5.92. The second-order valence-corrected chi connectivity index (χ2v) is 8.70. The van der Waals surface area contributed by atoms with Crippen LogP contribution in [0.4, 0.5) is 10.5 Å². The van der Waals surface area contributed by atoms with Crippen molar-refractivity contribution in [3.8, 4) is 11.3 Å². The highest BCUT2D eigenvalue weighted by atomic mass is 35.5. The quantitative estimate of drug-likeness (QED) is 0.368. The van der Waals surface area contributed by atoms with Gasteiger partial charge in [0.2, 0.25) is 0 Å². The highest BCUT2D eigenvalue weighted by Crippen LogP contribution is 2.33. The van der Waals surface area contributed by atoms with Crippen LogP contribution in [0.15, 0.2) is 77.5 Å². The van der Waals surface area contributed by atoms with Gasteiger partial charge in [0.05, 0.1) is 11.7 Å². The molecule has 0 spiro atoms. The number of nitrogens with zero attached hydrogens (tertiary/aromatic N) is 3. The number of nitrogens with one attached hydrogen (secondary N) is 1. The number of hydrogen-bond acceptors (Lipinski definition) is 3. The number of urea groups is 1. The maximum atomic E-state index is 13.2. The fourth-order valence-electron chi connectivity index (χ4n) is 4.35. The van der Waals surface area contributed by atoms with E-state index in [1.807, 2.05) is 78.7 Å². The zero-order valence-electron chi connectivity index (χ0n) is 18.4. The Morgan fingerprint density at radius 3 is 2.76 bits per heavy atom. The fourth-order valence-corrected chi connectivity index (χ4v) is 4.48. The zero-order valence-corrected chi connectivity index (χ0v) is 19.1. The van der Waals surface area contributed by atoms with E-state index in [1.165, 1.54) is 0 Å². The molecule has 1 aliphatic heterocycles. The van der Waals surface area contributed by atoms with Crippen molar-refractivity contribution in [1.82, 2.24) is 14.5 Å². The summed E-state index contributed by atoms with van der Waals surface area (Å²) in [6.07, 6.45) is 5.58. The van der Waals surface area contributed by atoms with E-state index < -0.39 is 0 Å². The highest BCUT2D eigenvalue weighted by molar-refractivity contribution is 6.30. The third-order valence-corrected chi connectivity index (χ3v) is 6.30. The summed E-state index contributed by atoms with van der Waals surface area (Å²) < 4.78 is 8.01. The van der Waals surface area contributed by atoms with Crippen molar-refractivity contribution in [2.45, 2.75) is 32.4 Å². The zero-order chi connectivity index (χ0) is 22.8. The molecule has 0 bridgehead atoms. The van der Waals surface area contributed by atoms with Crippen LogP contribution in [0.3, 0.4) is 0 Å². The van der Waals surface area contributed by atoms with Crippen molar-refractivity contribution in [3.05, 3.63) is 95.2 Å². The number of amides is 2. The Hall–Kier alpha value is -3.51. The van der Waals surface area contributed by atoms with Crippen LogP contribution in [-0.2, 0) is 6.54 Å². The van der Waals surface area contributed by atoms with Crippen molar-refractivity contribution in [1.29, 1.82) is 0 Å². The highest BCUT2D eigenvalue weighted by Gasteiger charge is 2.33. The van der Waals surface area contributed by atoms with Crippen LogP contribution in [0.1, 0.15) is 36.0 Å². The van der Waals surface area contributed by atoms with E-state index in [0.717, 1.165) is 35.6 Å². The second kappa shape index (κ2) is 9.16. The molecule has 0 radical (unpaired) electrons. The minimum atomic E-state index is -0.137. The summed E-state index contributed by atoms with van der Waals surface area (Å²) in [5.74, 6) is 2.31. The van der Waals surface area contributed by atoms with Crippen molar-refractivity contribution < 1.29 is 9.21 Å². The molecule has 0 saturated carbocycles. The molecule has 1 N–H and O–H groups in total. The minimum absolute atomic E-state index is 0.0758. The number of benzene rings is 2. The van der Waals surface area contributed by atoms with Crippen LogP contribution < -0.4 is 5.32 Å². The summed E-state index contributed by atoms with van der Waals surface area (Å²) >= 11 is 6.02. The Bertz CT molecular complexity index is 1250. The monoisotopic (exact) mass is 460 g/mol. The van der Waals surface area contributed by atoms with Crippen LogP contribution in [0.2, 0.25) is 5.02 Å².